The summed E-state index contributed by atoms with van der Waals surface area (Å²) < 4.78 is 13.5. The van der Waals surface area contributed by atoms with Gasteiger partial charge < -0.3 is 4.90 Å². The summed E-state index contributed by atoms with van der Waals surface area (Å²) in [5, 5.41) is 0. The van der Waals surface area contributed by atoms with E-state index in [0.717, 1.165) is 31.6 Å². The number of benzene rings is 3. The number of hydrogen-bond donors (Lipinski definition) is 0. The molecular formula is C31H35FN2O. The van der Waals surface area contributed by atoms with E-state index < -0.39 is 0 Å². The quantitative estimate of drug-likeness (QED) is 0.402. The van der Waals surface area contributed by atoms with Crippen LogP contribution in [-0.2, 0) is 0 Å². The van der Waals surface area contributed by atoms with Gasteiger partial charge in [-0.25, -0.2) is 4.39 Å². The first-order valence-electron chi connectivity index (χ1n) is 13.0. The number of likely N-dealkylation sites (tertiary alicyclic amines) is 1. The van der Waals surface area contributed by atoms with Crippen LogP contribution < -0.4 is 4.90 Å². The molecule has 35 heavy (non-hydrogen) atoms. The molecule has 3 nitrogen and oxygen atoms in total. The lowest BCUT2D eigenvalue weighted by molar-refractivity contribution is 0.0895. The van der Waals surface area contributed by atoms with Crippen LogP contribution in [0.25, 0.3) is 0 Å². The molecule has 3 aromatic carbocycles. The minimum atomic E-state index is -0.322. The maximum atomic E-state index is 13.7. The van der Waals surface area contributed by atoms with E-state index in [9.17, 15) is 9.18 Å². The molecule has 1 aliphatic heterocycles. The molecule has 2 atom stereocenters. The summed E-state index contributed by atoms with van der Waals surface area (Å²) >= 11 is 0. The van der Waals surface area contributed by atoms with Crippen molar-refractivity contribution in [2.24, 2.45) is 0 Å². The maximum Gasteiger partial charge on any atom is 0.258 e. The largest absolute Gasteiger partial charge is 0.305 e. The number of hydrogen-bond acceptors (Lipinski definition) is 2. The Morgan fingerprint density at radius 1 is 0.829 bits per heavy atom. The Labute approximate surface area is 208 Å². The van der Waals surface area contributed by atoms with Crippen LogP contribution in [0.4, 0.5) is 10.1 Å². The number of halogens is 1. The van der Waals surface area contributed by atoms with Gasteiger partial charge in [0.05, 0.1) is 0 Å². The highest BCUT2D eigenvalue weighted by atomic mass is 19.1. The molecule has 2 aliphatic rings. The summed E-state index contributed by atoms with van der Waals surface area (Å²) in [6, 6.07) is 25.8. The van der Waals surface area contributed by atoms with Crippen LogP contribution >= 0.6 is 0 Å². The van der Waals surface area contributed by atoms with Crippen molar-refractivity contribution in [3.05, 3.63) is 101 Å². The Kier molecular flexibility index (Phi) is 7.29. The number of carbonyl (C=O) groups is 1. The van der Waals surface area contributed by atoms with Crippen LogP contribution in [0.15, 0.2) is 78.9 Å². The van der Waals surface area contributed by atoms with Gasteiger partial charge in [0.2, 0.25) is 0 Å². The number of aryl methyl sites for hydroxylation is 1. The molecule has 0 bridgehead atoms. The fourth-order valence-corrected chi connectivity index (χ4v) is 6.04. The maximum absolute atomic E-state index is 13.7. The molecule has 5 rings (SSSR count). The van der Waals surface area contributed by atoms with Crippen LogP contribution in [0.3, 0.4) is 0 Å². The number of carbonyl (C=O) groups excluding carboxylic acids is 1. The van der Waals surface area contributed by atoms with E-state index in [4.69, 9.17) is 0 Å². The average molecular weight is 471 g/mol. The van der Waals surface area contributed by atoms with Crippen molar-refractivity contribution in [3.8, 4) is 0 Å². The van der Waals surface area contributed by atoms with Gasteiger partial charge in [0.25, 0.3) is 5.91 Å². The van der Waals surface area contributed by atoms with Crippen molar-refractivity contribution in [3.63, 3.8) is 0 Å². The molecule has 182 valence electrons. The highest BCUT2D eigenvalue weighted by molar-refractivity contribution is 6.06. The lowest BCUT2D eigenvalue weighted by atomic mass is 9.78. The van der Waals surface area contributed by atoms with E-state index in [2.05, 4.69) is 54.3 Å². The fraction of sp³-hybridized carbons (Fsp3) is 0.387. The molecule has 0 radical (unpaired) electrons. The molecule has 1 saturated carbocycles. The fourth-order valence-electron chi connectivity index (χ4n) is 6.04. The number of nitrogens with zero attached hydrogens (tertiary/aromatic N) is 2. The smallest absolute Gasteiger partial charge is 0.258 e. The van der Waals surface area contributed by atoms with E-state index in [1.165, 1.54) is 48.9 Å². The number of amides is 1. The van der Waals surface area contributed by atoms with Gasteiger partial charge in [0.15, 0.2) is 0 Å². The van der Waals surface area contributed by atoms with Gasteiger partial charge in [0, 0.05) is 36.4 Å². The summed E-state index contributed by atoms with van der Waals surface area (Å²) in [6.45, 7) is 4.05. The Hall–Kier alpha value is -2.98. The van der Waals surface area contributed by atoms with Crippen LogP contribution in [-0.4, -0.2) is 36.0 Å². The van der Waals surface area contributed by atoms with Crippen molar-refractivity contribution in [1.29, 1.82) is 0 Å². The standard InChI is InChI=1S/C31H35FN2O/c1-23-11-17-27(18-12-23)34(31(35)25-13-15-26(32)16-14-25)28-19-21-33(22-20-28)30-10-6-5-9-29(30)24-7-3-2-4-8-24/h2-4,7-8,11-18,28-30H,5-6,9-10,19-22H2,1H3. The van der Waals surface area contributed by atoms with Crippen molar-refractivity contribution in [2.45, 2.75) is 63.5 Å². The van der Waals surface area contributed by atoms with Crippen molar-refractivity contribution < 1.29 is 9.18 Å². The third-order valence-corrected chi connectivity index (χ3v) is 7.91. The molecule has 0 spiro atoms. The van der Waals surface area contributed by atoms with Gasteiger partial charge in [-0.15, -0.1) is 0 Å². The highest BCUT2D eigenvalue weighted by Gasteiger charge is 2.36. The third kappa shape index (κ3) is 5.33. The van der Waals surface area contributed by atoms with E-state index in [0.29, 0.717) is 17.5 Å². The summed E-state index contributed by atoms with van der Waals surface area (Å²) in [6.07, 6.45) is 7.00. The van der Waals surface area contributed by atoms with Crippen molar-refractivity contribution in [2.75, 3.05) is 18.0 Å². The second kappa shape index (κ2) is 10.7. The van der Waals surface area contributed by atoms with Gasteiger partial charge in [0.1, 0.15) is 5.82 Å². The Morgan fingerprint density at radius 3 is 2.17 bits per heavy atom. The highest BCUT2D eigenvalue weighted by Crippen LogP contribution is 2.38. The van der Waals surface area contributed by atoms with Gasteiger partial charge >= 0.3 is 0 Å². The van der Waals surface area contributed by atoms with Gasteiger partial charge in [-0.1, -0.05) is 60.9 Å². The Bertz CT molecular complexity index is 1100. The minimum Gasteiger partial charge on any atom is -0.305 e. The van der Waals surface area contributed by atoms with Crippen LogP contribution in [0.1, 0.15) is 65.9 Å². The first-order valence-corrected chi connectivity index (χ1v) is 13.0. The second-order valence-corrected chi connectivity index (χ2v) is 10.2. The van der Waals surface area contributed by atoms with E-state index in [1.54, 1.807) is 12.1 Å². The molecule has 1 aliphatic carbocycles. The van der Waals surface area contributed by atoms with Crippen LogP contribution in [0.2, 0.25) is 0 Å². The Balaban J connectivity index is 1.34. The molecule has 1 saturated heterocycles. The zero-order valence-corrected chi connectivity index (χ0v) is 20.6. The zero-order chi connectivity index (χ0) is 24.2. The summed E-state index contributed by atoms with van der Waals surface area (Å²) in [7, 11) is 0. The summed E-state index contributed by atoms with van der Waals surface area (Å²) in [5.74, 6) is 0.222. The Morgan fingerprint density at radius 2 is 1.49 bits per heavy atom. The predicted molar refractivity (Wildman–Crippen MR) is 140 cm³/mol. The van der Waals surface area contributed by atoms with Gasteiger partial charge in [-0.05, 0) is 80.5 Å². The minimum absolute atomic E-state index is 0.0490. The SMILES string of the molecule is Cc1ccc(N(C(=O)c2ccc(F)cc2)C2CCN(C3CCCCC3c3ccccc3)CC2)cc1. The molecule has 0 N–H and O–H groups in total. The molecular weight excluding hydrogens is 435 g/mol. The molecule has 0 aromatic heterocycles. The molecule has 1 amide bonds. The number of anilines is 1. The van der Waals surface area contributed by atoms with Crippen molar-refractivity contribution >= 4 is 11.6 Å². The van der Waals surface area contributed by atoms with E-state index >= 15 is 0 Å². The molecule has 2 fully saturated rings. The normalized spacial score (nSPS) is 21.5. The molecule has 2 unspecified atom stereocenters. The molecule has 1 heterocycles. The van der Waals surface area contributed by atoms with Crippen LogP contribution in [0.5, 0.6) is 0 Å². The van der Waals surface area contributed by atoms with E-state index in [-0.39, 0.29) is 17.8 Å². The summed E-state index contributed by atoms with van der Waals surface area (Å²) in [4.78, 5) is 18.3. The number of piperidine rings is 1. The zero-order valence-electron chi connectivity index (χ0n) is 20.6. The van der Waals surface area contributed by atoms with Crippen LogP contribution in [0, 0.1) is 12.7 Å². The first kappa shape index (κ1) is 23.7. The average Bonchev–Trinajstić information content (AvgIpc) is 2.91. The third-order valence-electron chi connectivity index (χ3n) is 7.91. The summed E-state index contributed by atoms with van der Waals surface area (Å²) in [5.41, 5.74) is 4.09. The second-order valence-electron chi connectivity index (χ2n) is 10.2. The lowest BCUT2D eigenvalue weighted by Crippen LogP contribution is -2.51. The molecule has 3 aromatic rings. The van der Waals surface area contributed by atoms with Gasteiger partial charge in [-0.3, -0.25) is 9.69 Å². The van der Waals surface area contributed by atoms with Crippen molar-refractivity contribution in [1.82, 2.24) is 4.90 Å². The first-order chi connectivity index (χ1) is 17.1. The lowest BCUT2D eigenvalue weighted by Gasteiger charge is -2.45. The number of rotatable bonds is 5. The molecule has 4 heteroatoms. The van der Waals surface area contributed by atoms with E-state index in [1.807, 2.05) is 17.0 Å². The monoisotopic (exact) mass is 470 g/mol. The topological polar surface area (TPSA) is 23.6 Å². The van der Waals surface area contributed by atoms with Gasteiger partial charge in [-0.2, -0.15) is 0 Å². The predicted octanol–water partition coefficient (Wildman–Crippen LogP) is 6.97.